The summed E-state index contributed by atoms with van der Waals surface area (Å²) in [6, 6.07) is 9.01. The van der Waals surface area contributed by atoms with Crippen LogP contribution in [0.15, 0.2) is 30.3 Å². The number of anilines is 3. The van der Waals surface area contributed by atoms with Crippen molar-refractivity contribution in [3.8, 4) is 0 Å². The Bertz CT molecular complexity index is 1150. The molecule has 2 aromatic rings. The zero-order valence-electron chi connectivity index (χ0n) is 19.7. The van der Waals surface area contributed by atoms with Gasteiger partial charge in [-0.3, -0.25) is 9.59 Å². The second-order valence-electron chi connectivity index (χ2n) is 10.1. The van der Waals surface area contributed by atoms with E-state index in [0.29, 0.717) is 28.2 Å². The Morgan fingerprint density at radius 3 is 2.17 bits per heavy atom. The molecule has 1 aromatic heterocycles. The van der Waals surface area contributed by atoms with Gasteiger partial charge in [-0.2, -0.15) is 0 Å². The Morgan fingerprint density at radius 2 is 1.54 bits per heavy atom. The lowest BCUT2D eigenvalue weighted by atomic mass is 9.93. The first-order valence-corrected chi connectivity index (χ1v) is 13.2. The van der Waals surface area contributed by atoms with E-state index in [1.165, 1.54) is 19.8 Å². The molecule has 0 bridgehead atoms. The Balaban J connectivity index is 1.38. The zero-order valence-corrected chi connectivity index (χ0v) is 21.9. The minimum Gasteiger partial charge on any atom is -0.371 e. The third kappa shape index (κ3) is 5.29. The number of benzene rings is 1. The van der Waals surface area contributed by atoms with Crippen molar-refractivity contribution >= 4 is 51.6 Å². The molecule has 3 aliphatic rings. The first-order chi connectivity index (χ1) is 16.6. The average molecular weight is 594 g/mol. The number of piperidine rings is 2. The number of hydrogen-bond donors (Lipinski definition) is 1. The highest BCUT2D eigenvalue weighted by Gasteiger charge is 2.44. The number of nitrogens with one attached hydrogen (secondary N) is 1. The molecule has 1 saturated carbocycles. The number of halogens is 3. The summed E-state index contributed by atoms with van der Waals surface area (Å²) >= 11 is 2.26. The SMILES string of the molecule is CC(=O)c1ccc(NC(=O)c2ccc(I)cc2N2CCC3(CC2)CC3)nc1N1CCC(F)(F)CC1. The van der Waals surface area contributed by atoms with Crippen LogP contribution >= 0.6 is 22.6 Å². The normalized spacial score (nSPS) is 20.6. The number of carbonyl (C=O) groups is 2. The van der Waals surface area contributed by atoms with Crippen molar-refractivity contribution in [2.75, 3.05) is 41.3 Å². The van der Waals surface area contributed by atoms with Gasteiger partial charge in [0.2, 0.25) is 0 Å². The lowest BCUT2D eigenvalue weighted by Gasteiger charge is -2.35. The summed E-state index contributed by atoms with van der Waals surface area (Å²) < 4.78 is 28.4. The molecule has 186 valence electrons. The van der Waals surface area contributed by atoms with Crippen molar-refractivity contribution in [3.63, 3.8) is 0 Å². The quantitative estimate of drug-likeness (QED) is 0.353. The van der Waals surface area contributed by atoms with Crippen molar-refractivity contribution < 1.29 is 18.4 Å². The molecule has 3 fully saturated rings. The fraction of sp³-hybridized carbons (Fsp3) is 0.500. The van der Waals surface area contributed by atoms with Gasteiger partial charge in [-0.05, 0) is 90.9 Å². The van der Waals surface area contributed by atoms with Crippen molar-refractivity contribution in [1.82, 2.24) is 4.98 Å². The van der Waals surface area contributed by atoms with E-state index in [9.17, 15) is 18.4 Å². The number of alkyl halides is 2. The number of carbonyl (C=O) groups excluding carboxylic acids is 2. The third-order valence-electron chi connectivity index (χ3n) is 7.62. The van der Waals surface area contributed by atoms with Crippen LogP contribution in [0.1, 0.15) is 66.2 Å². The van der Waals surface area contributed by atoms with Gasteiger partial charge in [0.15, 0.2) is 5.78 Å². The highest BCUT2D eigenvalue weighted by atomic mass is 127. The molecule has 0 atom stereocenters. The summed E-state index contributed by atoms with van der Waals surface area (Å²) in [5.74, 6) is -2.52. The van der Waals surface area contributed by atoms with E-state index in [0.717, 1.165) is 35.2 Å². The number of ketones is 1. The van der Waals surface area contributed by atoms with Crippen LogP contribution < -0.4 is 15.1 Å². The molecule has 1 aromatic carbocycles. The second kappa shape index (κ2) is 9.29. The average Bonchev–Trinajstić information content (AvgIpc) is 3.58. The lowest BCUT2D eigenvalue weighted by molar-refractivity contribution is -0.0221. The molecule has 1 aliphatic carbocycles. The minimum absolute atomic E-state index is 0.107. The summed E-state index contributed by atoms with van der Waals surface area (Å²) in [4.78, 5) is 34.1. The van der Waals surface area contributed by atoms with Crippen LogP contribution in [-0.2, 0) is 0 Å². The number of hydrogen-bond acceptors (Lipinski definition) is 5. The van der Waals surface area contributed by atoms with Crippen LogP contribution in [0.4, 0.5) is 26.1 Å². The van der Waals surface area contributed by atoms with E-state index in [4.69, 9.17) is 0 Å². The highest BCUT2D eigenvalue weighted by Crippen LogP contribution is 2.54. The highest BCUT2D eigenvalue weighted by molar-refractivity contribution is 14.1. The molecule has 5 rings (SSSR count). The predicted molar refractivity (Wildman–Crippen MR) is 141 cm³/mol. The summed E-state index contributed by atoms with van der Waals surface area (Å²) in [5.41, 5.74) is 2.40. The van der Waals surface area contributed by atoms with Gasteiger partial charge in [0.1, 0.15) is 11.6 Å². The van der Waals surface area contributed by atoms with Gasteiger partial charge in [-0.1, -0.05) is 0 Å². The van der Waals surface area contributed by atoms with Crippen molar-refractivity contribution in [3.05, 3.63) is 45.0 Å². The van der Waals surface area contributed by atoms with E-state index in [-0.39, 0.29) is 37.6 Å². The summed E-state index contributed by atoms with van der Waals surface area (Å²) in [6.45, 7) is 3.52. The molecule has 1 spiro atoms. The maximum absolute atomic E-state index is 13.7. The fourth-order valence-corrected chi connectivity index (χ4v) is 5.60. The van der Waals surface area contributed by atoms with E-state index in [2.05, 4.69) is 37.8 Å². The van der Waals surface area contributed by atoms with Gasteiger partial charge in [0.25, 0.3) is 11.8 Å². The monoisotopic (exact) mass is 594 g/mol. The second-order valence-corrected chi connectivity index (χ2v) is 11.3. The predicted octanol–water partition coefficient (Wildman–Crippen LogP) is 5.76. The van der Waals surface area contributed by atoms with Crippen LogP contribution in [0.5, 0.6) is 0 Å². The largest absolute Gasteiger partial charge is 0.371 e. The molecular weight excluding hydrogens is 565 g/mol. The Hall–Kier alpha value is -2.30. The van der Waals surface area contributed by atoms with Crippen LogP contribution in [0.2, 0.25) is 0 Å². The third-order valence-corrected chi connectivity index (χ3v) is 8.29. The van der Waals surface area contributed by atoms with Gasteiger partial charge < -0.3 is 15.1 Å². The summed E-state index contributed by atoms with van der Waals surface area (Å²) in [7, 11) is 0. The number of pyridine rings is 1. The van der Waals surface area contributed by atoms with Crippen molar-refractivity contribution in [2.24, 2.45) is 5.41 Å². The molecule has 3 heterocycles. The van der Waals surface area contributed by atoms with Crippen LogP contribution in [-0.4, -0.2) is 48.8 Å². The molecule has 1 amide bonds. The maximum atomic E-state index is 13.7. The zero-order chi connectivity index (χ0) is 24.8. The Labute approximate surface area is 217 Å². The van der Waals surface area contributed by atoms with Crippen LogP contribution in [0, 0.1) is 8.99 Å². The van der Waals surface area contributed by atoms with Gasteiger partial charge in [-0.25, -0.2) is 13.8 Å². The smallest absolute Gasteiger partial charge is 0.258 e. The standard InChI is InChI=1S/C26H29F2IN4O2/c1-17(34)19-4-5-22(30-23(19)33-14-10-26(27,28)11-15-33)31-24(35)20-3-2-18(29)16-21(20)32-12-8-25(6-7-25)9-13-32/h2-5,16H,6-15H2,1H3,(H,30,31,35). The number of amides is 1. The summed E-state index contributed by atoms with van der Waals surface area (Å²) in [5, 5.41) is 2.88. The summed E-state index contributed by atoms with van der Waals surface area (Å²) in [6.07, 6.45) is 4.38. The minimum atomic E-state index is -2.70. The molecular formula is C26H29F2IN4O2. The van der Waals surface area contributed by atoms with E-state index >= 15 is 0 Å². The van der Waals surface area contributed by atoms with Gasteiger partial charge in [0.05, 0.1) is 16.8 Å². The molecule has 35 heavy (non-hydrogen) atoms. The van der Waals surface area contributed by atoms with E-state index in [1.54, 1.807) is 17.0 Å². The maximum Gasteiger partial charge on any atom is 0.258 e. The van der Waals surface area contributed by atoms with Crippen LogP contribution in [0.3, 0.4) is 0 Å². The molecule has 1 N–H and O–H groups in total. The molecule has 0 radical (unpaired) electrons. The molecule has 6 nitrogen and oxygen atoms in total. The van der Waals surface area contributed by atoms with E-state index in [1.807, 2.05) is 18.2 Å². The molecule has 2 saturated heterocycles. The van der Waals surface area contributed by atoms with Gasteiger partial charge >= 0.3 is 0 Å². The van der Waals surface area contributed by atoms with Gasteiger partial charge in [0, 0.05) is 42.6 Å². The molecule has 9 heteroatoms. The number of Topliss-reactive ketones (excluding diaryl/α,β-unsaturated/α-hetero) is 1. The molecule has 0 unspecified atom stereocenters. The molecule has 2 aliphatic heterocycles. The lowest BCUT2D eigenvalue weighted by Crippen LogP contribution is -2.40. The first-order valence-electron chi connectivity index (χ1n) is 12.2. The topological polar surface area (TPSA) is 65.5 Å². The fourth-order valence-electron chi connectivity index (χ4n) is 5.12. The first kappa shape index (κ1) is 24.4. The van der Waals surface area contributed by atoms with Crippen molar-refractivity contribution in [2.45, 2.75) is 51.4 Å². The van der Waals surface area contributed by atoms with E-state index < -0.39 is 5.92 Å². The van der Waals surface area contributed by atoms with Crippen molar-refractivity contribution in [1.29, 1.82) is 0 Å². The van der Waals surface area contributed by atoms with Crippen LogP contribution in [0.25, 0.3) is 0 Å². The Morgan fingerprint density at radius 1 is 0.914 bits per heavy atom. The van der Waals surface area contributed by atoms with Gasteiger partial charge in [-0.15, -0.1) is 0 Å². The number of rotatable bonds is 5. The number of aromatic nitrogens is 1. The number of nitrogens with zero attached hydrogens (tertiary/aromatic N) is 3. The Kier molecular flexibility index (Phi) is 6.48.